The fraction of sp³-hybridized carbons (Fsp3) is 0.0833. The van der Waals surface area contributed by atoms with Gasteiger partial charge in [-0.15, -0.1) is 0 Å². The molecular weight excluding hydrogens is 469 g/mol. The largest absolute Gasteiger partial charge is 0.486 e. The highest BCUT2D eigenvalue weighted by Crippen LogP contribution is 2.39. The van der Waals surface area contributed by atoms with E-state index in [9.17, 15) is 4.79 Å². The third-order valence-electron chi connectivity index (χ3n) is 4.63. The Morgan fingerprint density at radius 2 is 1.68 bits per heavy atom. The van der Waals surface area contributed by atoms with Crippen molar-refractivity contribution in [1.29, 1.82) is 0 Å². The van der Waals surface area contributed by atoms with Gasteiger partial charge in [-0.2, -0.15) is 0 Å². The van der Waals surface area contributed by atoms with Gasteiger partial charge in [0.25, 0.3) is 5.91 Å². The van der Waals surface area contributed by atoms with E-state index in [1.54, 1.807) is 18.2 Å². The van der Waals surface area contributed by atoms with Gasteiger partial charge in [0.05, 0.1) is 20.6 Å². The highest BCUT2D eigenvalue weighted by molar-refractivity contribution is 8.27. The molecule has 0 spiro atoms. The lowest BCUT2D eigenvalue weighted by atomic mass is 10.1. The smallest absolute Gasteiger partial charge is 0.270 e. The number of hydrogen-bond donors (Lipinski definition) is 0. The first-order valence-corrected chi connectivity index (χ1v) is 11.4. The lowest BCUT2D eigenvalue weighted by Crippen LogP contribution is -2.27. The number of aryl methyl sites for hydroxylation is 1. The summed E-state index contributed by atoms with van der Waals surface area (Å²) in [6.45, 7) is 2.39. The van der Waals surface area contributed by atoms with Crippen LogP contribution in [0.5, 0.6) is 5.75 Å². The van der Waals surface area contributed by atoms with E-state index < -0.39 is 0 Å². The Morgan fingerprint density at radius 3 is 2.32 bits per heavy atom. The summed E-state index contributed by atoms with van der Waals surface area (Å²) in [5.74, 6) is 0.242. The molecule has 3 nitrogen and oxygen atoms in total. The summed E-state index contributed by atoms with van der Waals surface area (Å²) in [4.78, 5) is 14.9. The number of thiocarbonyl (C=S) groups is 1. The van der Waals surface area contributed by atoms with Crippen LogP contribution in [-0.4, -0.2) is 10.2 Å². The molecule has 1 aliphatic heterocycles. The molecule has 3 aromatic rings. The van der Waals surface area contributed by atoms with E-state index in [1.165, 1.54) is 22.2 Å². The molecule has 31 heavy (non-hydrogen) atoms. The average molecular weight is 486 g/mol. The van der Waals surface area contributed by atoms with E-state index in [0.717, 1.165) is 11.3 Å². The zero-order chi connectivity index (χ0) is 22.0. The molecule has 0 aromatic heterocycles. The molecule has 1 fully saturated rings. The minimum atomic E-state index is -0.173. The molecule has 0 saturated carbocycles. The van der Waals surface area contributed by atoms with Crippen LogP contribution in [0, 0.1) is 6.92 Å². The van der Waals surface area contributed by atoms with E-state index in [1.807, 2.05) is 61.5 Å². The molecule has 4 rings (SSSR count). The number of carbonyl (C=O) groups excluding carboxylic acids is 1. The Morgan fingerprint density at radius 1 is 1.03 bits per heavy atom. The van der Waals surface area contributed by atoms with Crippen LogP contribution < -0.4 is 9.64 Å². The fourth-order valence-electron chi connectivity index (χ4n) is 3.06. The van der Waals surface area contributed by atoms with Crippen LogP contribution >= 0.6 is 47.2 Å². The fourth-order valence-corrected chi connectivity index (χ4v) is 4.97. The van der Waals surface area contributed by atoms with Crippen LogP contribution in [0.4, 0.5) is 5.69 Å². The minimum Gasteiger partial charge on any atom is -0.486 e. The summed E-state index contributed by atoms with van der Waals surface area (Å²) in [5, 5.41) is 0.758. The third kappa shape index (κ3) is 4.96. The number of hydrogen-bond acceptors (Lipinski definition) is 4. The summed E-state index contributed by atoms with van der Waals surface area (Å²) in [6, 6.07) is 20.8. The molecule has 0 radical (unpaired) electrons. The van der Waals surface area contributed by atoms with Gasteiger partial charge in [-0.3, -0.25) is 9.69 Å². The molecule has 0 aliphatic carbocycles. The highest BCUT2D eigenvalue weighted by atomic mass is 35.5. The lowest BCUT2D eigenvalue weighted by Gasteiger charge is -2.14. The molecular formula is C24H17Cl2NO2S2. The average Bonchev–Trinajstić information content (AvgIpc) is 3.02. The number of nitrogens with zero attached hydrogens (tertiary/aromatic N) is 1. The van der Waals surface area contributed by atoms with Gasteiger partial charge in [-0.05, 0) is 48.4 Å². The van der Waals surface area contributed by atoms with Gasteiger partial charge >= 0.3 is 0 Å². The topological polar surface area (TPSA) is 29.5 Å². The second-order valence-electron chi connectivity index (χ2n) is 6.94. The minimum absolute atomic E-state index is 0.173. The molecule has 1 aliphatic rings. The van der Waals surface area contributed by atoms with Gasteiger partial charge in [0, 0.05) is 0 Å². The van der Waals surface area contributed by atoms with Crippen LogP contribution in [0.2, 0.25) is 10.0 Å². The van der Waals surface area contributed by atoms with E-state index in [4.69, 9.17) is 40.2 Å². The van der Waals surface area contributed by atoms with Gasteiger partial charge in [0.1, 0.15) is 6.61 Å². The van der Waals surface area contributed by atoms with Crippen molar-refractivity contribution in [3.63, 3.8) is 0 Å². The van der Waals surface area contributed by atoms with Crippen LogP contribution in [0.1, 0.15) is 16.7 Å². The molecule has 0 unspecified atom stereocenters. The SMILES string of the molecule is Cc1ccc(COc2c(Cl)cc(/C=C3/SC(=S)N(c4ccccc4)C3=O)cc2Cl)cc1. The standard InChI is InChI=1S/C24H17Cl2NO2S2/c1-15-7-9-16(10-8-15)14-29-22-19(25)11-17(12-20(22)26)13-21-23(28)27(24(30)31-21)18-5-3-2-4-6-18/h2-13H,14H2,1H3/b21-13+. The van der Waals surface area contributed by atoms with Crippen molar-refractivity contribution >= 4 is 69.2 Å². The van der Waals surface area contributed by atoms with Gasteiger partial charge in [0.15, 0.2) is 10.1 Å². The molecule has 1 heterocycles. The van der Waals surface area contributed by atoms with Crippen LogP contribution in [0.3, 0.4) is 0 Å². The number of rotatable bonds is 5. The highest BCUT2D eigenvalue weighted by Gasteiger charge is 2.33. The molecule has 0 atom stereocenters. The molecule has 1 saturated heterocycles. The van der Waals surface area contributed by atoms with Gasteiger partial charge in [-0.25, -0.2) is 0 Å². The number of anilines is 1. The van der Waals surface area contributed by atoms with Crippen molar-refractivity contribution in [2.45, 2.75) is 13.5 Å². The maximum atomic E-state index is 12.9. The van der Waals surface area contributed by atoms with Crippen LogP contribution in [0.25, 0.3) is 6.08 Å². The van der Waals surface area contributed by atoms with Crippen molar-refractivity contribution in [1.82, 2.24) is 0 Å². The van der Waals surface area contributed by atoms with E-state index in [-0.39, 0.29) is 5.91 Å². The number of para-hydroxylation sites is 1. The number of amides is 1. The Hall–Kier alpha value is -2.31. The van der Waals surface area contributed by atoms with Gasteiger partial charge in [-0.1, -0.05) is 95.2 Å². The van der Waals surface area contributed by atoms with E-state index in [0.29, 0.717) is 37.2 Å². The summed E-state index contributed by atoms with van der Waals surface area (Å²) in [7, 11) is 0. The van der Waals surface area contributed by atoms with E-state index >= 15 is 0 Å². The van der Waals surface area contributed by atoms with Gasteiger partial charge in [0.2, 0.25) is 0 Å². The molecule has 0 N–H and O–H groups in total. The van der Waals surface area contributed by atoms with Crippen molar-refractivity contribution < 1.29 is 9.53 Å². The van der Waals surface area contributed by atoms with Crippen LogP contribution in [0.15, 0.2) is 71.6 Å². The lowest BCUT2D eigenvalue weighted by molar-refractivity contribution is -0.113. The number of halogens is 2. The second-order valence-corrected chi connectivity index (χ2v) is 9.43. The summed E-state index contributed by atoms with van der Waals surface area (Å²) in [5.41, 5.74) is 3.64. The Kier molecular flexibility index (Phi) is 6.68. The summed E-state index contributed by atoms with van der Waals surface area (Å²) in [6.07, 6.45) is 1.74. The summed E-state index contributed by atoms with van der Waals surface area (Å²) >= 11 is 19.5. The Labute approximate surface area is 200 Å². The molecule has 7 heteroatoms. The number of benzene rings is 3. The first kappa shape index (κ1) is 21.9. The number of thioether (sulfide) groups is 1. The second kappa shape index (κ2) is 9.45. The normalized spacial score (nSPS) is 15.1. The van der Waals surface area contributed by atoms with Crippen molar-refractivity contribution in [2.24, 2.45) is 0 Å². The Balaban J connectivity index is 1.54. The number of ether oxygens (including phenoxy) is 1. The zero-order valence-corrected chi connectivity index (χ0v) is 19.6. The monoisotopic (exact) mass is 485 g/mol. The maximum Gasteiger partial charge on any atom is 0.270 e. The first-order valence-electron chi connectivity index (χ1n) is 9.43. The maximum absolute atomic E-state index is 12.9. The van der Waals surface area contributed by atoms with Crippen molar-refractivity contribution in [2.75, 3.05) is 4.90 Å². The predicted octanol–water partition coefficient (Wildman–Crippen LogP) is 7.29. The molecule has 156 valence electrons. The van der Waals surface area contributed by atoms with Crippen molar-refractivity contribution in [3.05, 3.63) is 98.4 Å². The Bertz CT molecular complexity index is 1150. The molecule has 1 amide bonds. The van der Waals surface area contributed by atoms with Crippen molar-refractivity contribution in [3.8, 4) is 5.75 Å². The molecule has 3 aromatic carbocycles. The first-order chi connectivity index (χ1) is 14.9. The quantitative estimate of drug-likeness (QED) is 0.280. The number of carbonyl (C=O) groups is 1. The zero-order valence-electron chi connectivity index (χ0n) is 16.5. The predicted molar refractivity (Wildman–Crippen MR) is 134 cm³/mol. The third-order valence-corrected chi connectivity index (χ3v) is 6.49. The van der Waals surface area contributed by atoms with Crippen LogP contribution in [-0.2, 0) is 11.4 Å². The van der Waals surface area contributed by atoms with E-state index in [2.05, 4.69) is 0 Å². The van der Waals surface area contributed by atoms with Gasteiger partial charge < -0.3 is 4.74 Å². The summed E-state index contributed by atoms with van der Waals surface area (Å²) < 4.78 is 6.33. The molecule has 0 bridgehead atoms.